The molecule has 0 aliphatic carbocycles. The summed E-state index contributed by atoms with van der Waals surface area (Å²) in [7, 11) is 0. The average Bonchev–Trinajstić information content (AvgIpc) is 3.34. The first-order chi connectivity index (χ1) is 21.1. The molecular weight excluding hydrogens is 755 g/mol. The summed E-state index contributed by atoms with van der Waals surface area (Å²) in [6, 6.07) is 3.68. The van der Waals surface area contributed by atoms with E-state index in [9.17, 15) is 9.18 Å². The van der Waals surface area contributed by atoms with Gasteiger partial charge in [0, 0.05) is 67.7 Å². The first kappa shape index (κ1) is 43.7. The van der Waals surface area contributed by atoms with Crippen LogP contribution in [0.4, 0.5) is 10.1 Å². The normalized spacial score (nSPS) is 14.0. The molecular formula is C34H55Br2FN5O2Zn-. The first-order valence-corrected chi connectivity index (χ1v) is 29.8. The van der Waals surface area contributed by atoms with Crippen LogP contribution in [0.1, 0.15) is 89.7 Å². The third kappa shape index (κ3) is 14.6. The maximum Gasteiger partial charge on any atom is -0.358 e. The molecule has 0 radical (unpaired) electrons. The quantitative estimate of drug-likeness (QED) is 0.190. The van der Waals surface area contributed by atoms with Crippen LogP contribution in [-0.2, 0) is 35.6 Å². The number of pyridine rings is 2. The summed E-state index contributed by atoms with van der Waals surface area (Å²) in [5.41, 5.74) is 6.52. The monoisotopic (exact) mass is 806 g/mol. The van der Waals surface area contributed by atoms with E-state index in [1.54, 1.807) is 6.92 Å². The number of hydrogen-bond donors (Lipinski definition) is 1. The Bertz CT molecular complexity index is 1260. The number of carbonyl (C=O) groups is 1. The van der Waals surface area contributed by atoms with E-state index in [2.05, 4.69) is 67.3 Å². The first-order valence-electron chi connectivity index (χ1n) is 15.9. The number of anilines is 1. The van der Waals surface area contributed by atoms with E-state index in [0.717, 1.165) is 76.2 Å². The molecule has 1 N–H and O–H groups in total. The molecule has 3 aromatic heterocycles. The number of aryl methyl sites for hydroxylation is 3. The third-order valence-corrected chi connectivity index (χ3v) is 7.08. The number of hydrogen-bond acceptors (Lipinski definition) is 6. The zero-order valence-corrected chi connectivity index (χ0v) is 35.3. The zero-order valence-electron chi connectivity index (χ0n) is 29.1. The van der Waals surface area contributed by atoms with Crippen LogP contribution in [0, 0.1) is 27.1 Å². The summed E-state index contributed by atoms with van der Waals surface area (Å²) in [5.74, 6) is 0.141. The van der Waals surface area contributed by atoms with Gasteiger partial charge in [-0.3, -0.25) is 4.98 Å². The van der Waals surface area contributed by atoms with Crippen LogP contribution >= 0.6 is 27.2 Å². The molecule has 252 valence electrons. The molecule has 5 rings (SSSR count). The Morgan fingerprint density at radius 1 is 1.11 bits per heavy atom. The predicted molar refractivity (Wildman–Crippen MR) is 192 cm³/mol. The van der Waals surface area contributed by atoms with Gasteiger partial charge < -0.3 is 31.6 Å². The van der Waals surface area contributed by atoms with E-state index >= 15 is 0 Å². The standard InChI is InChI=1S/C15H23N3O.C11H13FN2.C5H10O.C2H6.CH3.2BrH.Zn/c1-3-4-13-12(2)16-6-5-14(13)18-8-7-17-15(9-18)10-19-11-15;1-3-4-9-7-14-6-8(2)13-11(14)5-10(9)12;1-3-4-5(2)6;1-2;;;;/h5-6,17H,3-4,7-11H2,1-2H3;5-7H,3-4H2,1-2H3;3-4H2,1-2H3;1-2H3;1H3;2*1H;/q;;;;-1;;;+2/p-2. The Balaban J connectivity index is 0.000000656. The van der Waals surface area contributed by atoms with Crippen LogP contribution in [0.5, 0.6) is 0 Å². The van der Waals surface area contributed by atoms with Crippen LogP contribution in [0.3, 0.4) is 0 Å². The van der Waals surface area contributed by atoms with Crippen molar-refractivity contribution < 1.29 is 27.1 Å². The van der Waals surface area contributed by atoms with Crippen molar-refractivity contribution in [3.05, 3.63) is 66.5 Å². The van der Waals surface area contributed by atoms with E-state index in [1.165, 1.54) is 29.4 Å². The van der Waals surface area contributed by atoms with Crippen LogP contribution in [0.2, 0.25) is 0 Å². The second kappa shape index (κ2) is 24.0. The Labute approximate surface area is 293 Å². The smallest absolute Gasteiger partial charge is 0.358 e. The van der Waals surface area contributed by atoms with Crippen LogP contribution in [0.15, 0.2) is 30.7 Å². The van der Waals surface area contributed by atoms with Gasteiger partial charge in [-0.25, -0.2) is 9.37 Å². The second-order valence-corrected chi connectivity index (χ2v) is 24.9. The molecule has 2 aliphatic heterocycles. The number of halogens is 3. The van der Waals surface area contributed by atoms with Crippen molar-refractivity contribution in [3.63, 3.8) is 0 Å². The van der Waals surface area contributed by atoms with Gasteiger partial charge in [0.15, 0.2) is 0 Å². The van der Waals surface area contributed by atoms with Gasteiger partial charge in [-0.2, -0.15) is 0 Å². The molecule has 0 unspecified atom stereocenters. The molecule has 0 bridgehead atoms. The minimum Gasteiger partial charge on any atom is -0.358 e. The number of ether oxygens (including phenoxy) is 1. The predicted octanol–water partition coefficient (Wildman–Crippen LogP) is 8.80. The van der Waals surface area contributed by atoms with Gasteiger partial charge in [0.05, 0.1) is 24.4 Å². The number of nitrogens with one attached hydrogen (secondary N) is 1. The number of aromatic nitrogens is 3. The summed E-state index contributed by atoms with van der Waals surface area (Å²) in [6.07, 6.45) is 11.4. The van der Waals surface area contributed by atoms with Crippen molar-refractivity contribution in [2.75, 3.05) is 37.7 Å². The number of carbonyl (C=O) groups excluding carboxylic acids is 1. The molecule has 3 aromatic rings. The van der Waals surface area contributed by atoms with Gasteiger partial charge in [-0.05, 0) is 51.7 Å². The minimum atomic E-state index is -0.250. The number of Topliss-reactive ketones (excluding diaryl/α,β-unsaturated/α-hetero) is 1. The van der Waals surface area contributed by atoms with Gasteiger partial charge in [-0.15, -0.1) is 0 Å². The molecule has 0 amide bonds. The van der Waals surface area contributed by atoms with Crippen LogP contribution in [0.25, 0.3) is 5.65 Å². The Morgan fingerprint density at radius 2 is 1.76 bits per heavy atom. The van der Waals surface area contributed by atoms with Crippen molar-refractivity contribution in [1.82, 2.24) is 19.7 Å². The molecule has 45 heavy (non-hydrogen) atoms. The Hall–Kier alpha value is -1.26. The Kier molecular flexibility index (Phi) is 23.3. The third-order valence-electron chi connectivity index (χ3n) is 7.08. The van der Waals surface area contributed by atoms with Crippen LogP contribution in [-0.4, -0.2) is 58.5 Å². The van der Waals surface area contributed by atoms with E-state index in [0.29, 0.717) is 5.65 Å². The zero-order chi connectivity index (χ0) is 33.1. The fraction of sp³-hybridized carbons (Fsp3) is 0.588. The molecule has 2 aliphatic rings. The van der Waals surface area contributed by atoms with Crippen molar-refractivity contribution in [3.8, 4) is 0 Å². The maximum absolute atomic E-state index is 13.5. The molecule has 2 fully saturated rings. The van der Waals surface area contributed by atoms with Crippen LogP contribution < -0.4 is 10.2 Å². The number of piperazine rings is 1. The summed E-state index contributed by atoms with van der Waals surface area (Å²) in [5, 5.41) is 3.62. The average molecular weight is 810 g/mol. The van der Waals surface area contributed by atoms with Gasteiger partial charge in [-0.1, -0.05) is 47.5 Å². The van der Waals surface area contributed by atoms with Gasteiger partial charge in [0.2, 0.25) is 0 Å². The van der Waals surface area contributed by atoms with Crippen molar-refractivity contribution >= 4 is 44.4 Å². The fourth-order valence-corrected chi connectivity index (χ4v) is 5.13. The SMILES string of the molecule is CC.CCCC(C)=O.CCCc1c(N2CCNC3(COC3)C2)ccnc1C.CCCc1cn2cc(C)nc2cc1F.[Br][Zn][Br].[CH3-]. The Morgan fingerprint density at radius 3 is 2.27 bits per heavy atom. The molecule has 5 heterocycles. The van der Waals surface area contributed by atoms with Crippen molar-refractivity contribution in [1.29, 1.82) is 0 Å². The van der Waals surface area contributed by atoms with E-state index in [1.807, 2.05) is 57.6 Å². The van der Waals surface area contributed by atoms with E-state index in [4.69, 9.17) is 4.74 Å². The molecule has 7 nitrogen and oxygen atoms in total. The van der Waals surface area contributed by atoms with Crippen molar-refractivity contribution in [2.24, 2.45) is 0 Å². The number of ketones is 1. The molecule has 0 saturated carbocycles. The second-order valence-electron chi connectivity index (χ2n) is 10.9. The topological polar surface area (TPSA) is 71.8 Å². The van der Waals surface area contributed by atoms with Gasteiger partial charge in [0.1, 0.15) is 17.2 Å². The number of nitrogens with zero attached hydrogens (tertiary/aromatic N) is 4. The minimum absolute atomic E-state index is 0. The molecule has 0 atom stereocenters. The van der Waals surface area contributed by atoms with Gasteiger partial charge >= 0.3 is 40.5 Å². The summed E-state index contributed by atoms with van der Waals surface area (Å²) >= 11 is 6.25. The molecule has 2 saturated heterocycles. The van der Waals surface area contributed by atoms with Crippen molar-refractivity contribution in [2.45, 2.75) is 99.5 Å². The number of fused-ring (bicyclic) bond motifs is 1. The number of imidazole rings is 1. The molecule has 0 aromatic carbocycles. The van der Waals surface area contributed by atoms with E-state index in [-0.39, 0.29) is 37.8 Å². The summed E-state index contributed by atoms with van der Waals surface area (Å²) in [4.78, 5) is 21.2. The van der Waals surface area contributed by atoms with E-state index < -0.39 is 0 Å². The summed E-state index contributed by atoms with van der Waals surface area (Å²) < 4.78 is 20.7. The van der Waals surface area contributed by atoms with Gasteiger partial charge in [0.25, 0.3) is 0 Å². The largest absolute Gasteiger partial charge is 0.358 e. The molecule has 1 spiro atoms. The summed E-state index contributed by atoms with van der Waals surface area (Å²) in [6.45, 7) is 20.8. The molecule has 11 heteroatoms. The maximum atomic E-state index is 13.5. The number of rotatable bonds is 7. The fourth-order valence-electron chi connectivity index (χ4n) is 5.13.